The van der Waals surface area contributed by atoms with Gasteiger partial charge in [-0.1, -0.05) is 18.2 Å². The second-order valence-corrected chi connectivity index (χ2v) is 3.85. The van der Waals surface area contributed by atoms with Crippen LogP contribution < -0.4 is 0 Å². The Bertz CT molecular complexity index is 461. The Labute approximate surface area is 89.0 Å². The number of hydrogen-bond acceptors (Lipinski definition) is 2. The lowest BCUT2D eigenvalue weighted by Crippen LogP contribution is -1.92. The van der Waals surface area contributed by atoms with Crippen molar-refractivity contribution in [3.63, 3.8) is 0 Å². The van der Waals surface area contributed by atoms with Gasteiger partial charge in [0, 0.05) is 18.0 Å². The third-order valence-electron chi connectivity index (χ3n) is 2.69. The van der Waals surface area contributed by atoms with Crippen LogP contribution in [0, 0.1) is 6.07 Å². The molecule has 1 aliphatic rings. The Balaban J connectivity index is 2.11. The highest BCUT2D eigenvalue weighted by Crippen LogP contribution is 2.43. The van der Waals surface area contributed by atoms with Gasteiger partial charge in [0.05, 0.1) is 0 Å². The molecule has 1 aromatic heterocycles. The molecule has 2 aromatic rings. The summed E-state index contributed by atoms with van der Waals surface area (Å²) in [6.45, 7) is 0. The van der Waals surface area contributed by atoms with Gasteiger partial charge in [0.25, 0.3) is 0 Å². The standard InChI is InChI=1S/C13H11N2/c1-2-5-12(11(4-1)10-6-7-10)13-14-8-3-9-15-13/h1-4,8-10H,6-7H2. The molecule has 0 spiro atoms. The lowest BCUT2D eigenvalue weighted by molar-refractivity contribution is 1.10. The van der Waals surface area contributed by atoms with Crippen LogP contribution in [0.4, 0.5) is 0 Å². The number of rotatable bonds is 2. The molecule has 1 aliphatic carbocycles. The van der Waals surface area contributed by atoms with Crippen molar-refractivity contribution in [3.05, 3.63) is 48.3 Å². The number of nitrogens with zero attached hydrogens (tertiary/aromatic N) is 2. The maximum Gasteiger partial charge on any atom is 0.160 e. The third-order valence-corrected chi connectivity index (χ3v) is 2.69. The van der Waals surface area contributed by atoms with Crippen molar-refractivity contribution in [2.75, 3.05) is 0 Å². The zero-order valence-electron chi connectivity index (χ0n) is 8.35. The maximum atomic E-state index is 4.28. The summed E-state index contributed by atoms with van der Waals surface area (Å²) < 4.78 is 0. The molecular formula is C13H11N2. The minimum Gasteiger partial charge on any atom is -0.237 e. The number of aromatic nitrogens is 2. The van der Waals surface area contributed by atoms with Gasteiger partial charge < -0.3 is 0 Å². The quantitative estimate of drug-likeness (QED) is 0.736. The summed E-state index contributed by atoms with van der Waals surface area (Å²) in [5.74, 6) is 1.50. The van der Waals surface area contributed by atoms with E-state index in [0.29, 0.717) is 5.92 Å². The highest BCUT2D eigenvalue weighted by molar-refractivity contribution is 5.60. The molecule has 2 nitrogen and oxygen atoms in total. The van der Waals surface area contributed by atoms with Gasteiger partial charge in [-0.25, -0.2) is 9.97 Å². The summed E-state index contributed by atoms with van der Waals surface area (Å²) in [4.78, 5) is 8.55. The van der Waals surface area contributed by atoms with Gasteiger partial charge in [-0.15, -0.1) is 0 Å². The molecule has 0 N–H and O–H groups in total. The lowest BCUT2D eigenvalue weighted by atomic mass is 10.0. The average molecular weight is 195 g/mol. The van der Waals surface area contributed by atoms with E-state index < -0.39 is 0 Å². The summed E-state index contributed by atoms with van der Waals surface area (Å²) in [6, 6.07) is 11.2. The van der Waals surface area contributed by atoms with Crippen LogP contribution in [0.1, 0.15) is 24.3 Å². The normalized spacial score (nSPS) is 15.2. The first-order chi connectivity index (χ1) is 7.45. The molecule has 15 heavy (non-hydrogen) atoms. The van der Waals surface area contributed by atoms with Crippen LogP contribution in [0.2, 0.25) is 0 Å². The molecule has 1 fully saturated rings. The molecule has 0 bridgehead atoms. The Morgan fingerprint density at radius 2 is 1.93 bits per heavy atom. The SMILES string of the molecule is [c]1cccc(C2CC2)c1-c1ncccn1. The zero-order chi connectivity index (χ0) is 10.1. The van der Waals surface area contributed by atoms with Crippen LogP contribution in [0.3, 0.4) is 0 Å². The maximum absolute atomic E-state index is 4.28. The van der Waals surface area contributed by atoms with E-state index >= 15 is 0 Å². The van der Waals surface area contributed by atoms with Crippen molar-refractivity contribution in [2.45, 2.75) is 18.8 Å². The van der Waals surface area contributed by atoms with Gasteiger partial charge in [-0.05, 0) is 36.5 Å². The fraction of sp³-hybridized carbons (Fsp3) is 0.231. The summed E-state index contributed by atoms with van der Waals surface area (Å²) >= 11 is 0. The van der Waals surface area contributed by atoms with E-state index in [1.165, 1.54) is 18.4 Å². The van der Waals surface area contributed by atoms with Crippen LogP contribution in [0.5, 0.6) is 0 Å². The predicted octanol–water partition coefficient (Wildman–Crippen LogP) is 2.82. The molecule has 1 heterocycles. The molecule has 73 valence electrons. The van der Waals surface area contributed by atoms with Gasteiger partial charge in [0.2, 0.25) is 0 Å². The Morgan fingerprint density at radius 1 is 1.13 bits per heavy atom. The molecule has 0 amide bonds. The molecular weight excluding hydrogens is 184 g/mol. The molecule has 1 aromatic carbocycles. The van der Waals surface area contributed by atoms with Crippen molar-refractivity contribution in [1.82, 2.24) is 9.97 Å². The van der Waals surface area contributed by atoms with Crippen molar-refractivity contribution in [1.29, 1.82) is 0 Å². The smallest absolute Gasteiger partial charge is 0.160 e. The number of benzene rings is 1. The van der Waals surface area contributed by atoms with Crippen LogP contribution in [0.15, 0.2) is 36.7 Å². The van der Waals surface area contributed by atoms with Gasteiger partial charge >= 0.3 is 0 Å². The molecule has 1 radical (unpaired) electrons. The van der Waals surface area contributed by atoms with Crippen LogP contribution >= 0.6 is 0 Å². The third kappa shape index (κ3) is 1.63. The van der Waals surface area contributed by atoms with Gasteiger partial charge in [0.15, 0.2) is 5.82 Å². The Morgan fingerprint density at radius 3 is 2.67 bits per heavy atom. The summed E-state index contributed by atoms with van der Waals surface area (Å²) in [6.07, 6.45) is 6.13. The second-order valence-electron chi connectivity index (χ2n) is 3.85. The monoisotopic (exact) mass is 195 g/mol. The summed E-state index contributed by atoms with van der Waals surface area (Å²) in [5.41, 5.74) is 2.42. The van der Waals surface area contributed by atoms with Crippen LogP contribution in [0.25, 0.3) is 11.4 Å². The first-order valence-electron chi connectivity index (χ1n) is 5.23. The molecule has 2 heteroatoms. The molecule has 3 rings (SSSR count). The minimum atomic E-state index is 0.709. The van der Waals surface area contributed by atoms with E-state index in [2.05, 4.69) is 22.1 Å². The minimum absolute atomic E-state index is 0.709. The van der Waals surface area contributed by atoms with Crippen molar-refractivity contribution < 1.29 is 0 Å². The molecule has 0 unspecified atom stereocenters. The van der Waals surface area contributed by atoms with E-state index in [0.717, 1.165) is 11.4 Å². The van der Waals surface area contributed by atoms with E-state index in [-0.39, 0.29) is 0 Å². The molecule has 1 saturated carbocycles. The zero-order valence-corrected chi connectivity index (χ0v) is 8.35. The Kier molecular flexibility index (Phi) is 1.98. The summed E-state index contributed by atoms with van der Waals surface area (Å²) in [5, 5.41) is 0. The Hall–Kier alpha value is -1.70. The second kappa shape index (κ2) is 3.46. The predicted molar refractivity (Wildman–Crippen MR) is 58.3 cm³/mol. The highest BCUT2D eigenvalue weighted by Gasteiger charge is 2.26. The molecule has 0 saturated heterocycles. The van der Waals surface area contributed by atoms with Gasteiger partial charge in [-0.3, -0.25) is 0 Å². The first-order valence-corrected chi connectivity index (χ1v) is 5.23. The topological polar surface area (TPSA) is 25.8 Å². The molecule has 0 atom stereocenters. The van der Waals surface area contributed by atoms with Crippen molar-refractivity contribution in [2.24, 2.45) is 0 Å². The number of hydrogen-bond donors (Lipinski definition) is 0. The highest BCUT2D eigenvalue weighted by atomic mass is 14.9. The van der Waals surface area contributed by atoms with Crippen LogP contribution in [-0.2, 0) is 0 Å². The lowest BCUT2D eigenvalue weighted by Gasteiger charge is -2.05. The van der Waals surface area contributed by atoms with Gasteiger partial charge in [0.1, 0.15) is 0 Å². The van der Waals surface area contributed by atoms with Crippen LogP contribution in [-0.4, -0.2) is 9.97 Å². The van der Waals surface area contributed by atoms with E-state index in [1.807, 2.05) is 18.2 Å². The van der Waals surface area contributed by atoms with Crippen molar-refractivity contribution >= 4 is 0 Å². The largest absolute Gasteiger partial charge is 0.237 e. The van der Waals surface area contributed by atoms with Crippen molar-refractivity contribution in [3.8, 4) is 11.4 Å². The first kappa shape index (κ1) is 8.60. The van der Waals surface area contributed by atoms with Gasteiger partial charge in [-0.2, -0.15) is 0 Å². The fourth-order valence-corrected chi connectivity index (χ4v) is 1.81. The van der Waals surface area contributed by atoms with E-state index in [4.69, 9.17) is 0 Å². The average Bonchev–Trinajstić information content (AvgIpc) is 3.14. The van der Waals surface area contributed by atoms with E-state index in [9.17, 15) is 0 Å². The molecule has 0 aliphatic heterocycles. The summed E-state index contributed by atoms with van der Waals surface area (Å²) in [7, 11) is 0. The van der Waals surface area contributed by atoms with E-state index in [1.54, 1.807) is 12.4 Å². The fourth-order valence-electron chi connectivity index (χ4n) is 1.81.